The zero-order valence-corrected chi connectivity index (χ0v) is 11.3. The molecule has 2 aliphatic rings. The van der Waals surface area contributed by atoms with Crippen LogP contribution in [0.25, 0.3) is 0 Å². The van der Waals surface area contributed by atoms with Crippen molar-refractivity contribution in [2.75, 3.05) is 6.61 Å². The van der Waals surface area contributed by atoms with Crippen LogP contribution in [0.3, 0.4) is 0 Å². The van der Waals surface area contributed by atoms with E-state index < -0.39 is 0 Å². The van der Waals surface area contributed by atoms with E-state index in [1.807, 2.05) is 6.07 Å². The van der Waals surface area contributed by atoms with Crippen molar-refractivity contribution in [3.05, 3.63) is 35.6 Å². The average molecular weight is 263 g/mol. The third-order valence-electron chi connectivity index (χ3n) is 4.79. The van der Waals surface area contributed by atoms with Crippen LogP contribution in [0.15, 0.2) is 24.3 Å². The van der Waals surface area contributed by atoms with Crippen molar-refractivity contribution in [2.24, 2.45) is 11.7 Å². The lowest BCUT2D eigenvalue weighted by Gasteiger charge is -2.40. The Kier molecular flexibility index (Phi) is 3.59. The number of hydrogen-bond donors (Lipinski definition) is 1. The van der Waals surface area contributed by atoms with Gasteiger partial charge in [-0.15, -0.1) is 0 Å². The van der Waals surface area contributed by atoms with Crippen molar-refractivity contribution in [3.63, 3.8) is 0 Å². The molecule has 2 nitrogen and oxygen atoms in total. The van der Waals surface area contributed by atoms with E-state index in [-0.39, 0.29) is 17.5 Å². The summed E-state index contributed by atoms with van der Waals surface area (Å²) in [6, 6.07) is 6.65. The Morgan fingerprint density at radius 1 is 1.32 bits per heavy atom. The molecule has 1 aliphatic heterocycles. The lowest BCUT2D eigenvalue weighted by atomic mass is 9.79. The Labute approximate surface area is 114 Å². The quantitative estimate of drug-likeness (QED) is 0.885. The highest BCUT2D eigenvalue weighted by atomic mass is 19.1. The highest BCUT2D eigenvalue weighted by molar-refractivity contribution is 5.21. The van der Waals surface area contributed by atoms with Gasteiger partial charge in [-0.1, -0.05) is 25.0 Å². The molecule has 1 saturated carbocycles. The first-order valence-electron chi connectivity index (χ1n) is 7.34. The maximum atomic E-state index is 13.3. The summed E-state index contributed by atoms with van der Waals surface area (Å²) in [7, 11) is 0. The van der Waals surface area contributed by atoms with Crippen molar-refractivity contribution in [1.82, 2.24) is 0 Å². The first-order chi connectivity index (χ1) is 9.19. The maximum Gasteiger partial charge on any atom is 0.123 e. The summed E-state index contributed by atoms with van der Waals surface area (Å²) in [6.07, 6.45) is 6.88. The summed E-state index contributed by atoms with van der Waals surface area (Å²) in [5, 5.41) is 0. The van der Waals surface area contributed by atoms with E-state index in [9.17, 15) is 4.39 Å². The minimum absolute atomic E-state index is 0.0722. The summed E-state index contributed by atoms with van der Waals surface area (Å²) < 4.78 is 19.3. The smallest absolute Gasteiger partial charge is 0.123 e. The van der Waals surface area contributed by atoms with Crippen molar-refractivity contribution in [1.29, 1.82) is 0 Å². The molecular weight excluding hydrogens is 241 g/mol. The van der Waals surface area contributed by atoms with Crippen molar-refractivity contribution >= 4 is 0 Å². The van der Waals surface area contributed by atoms with E-state index in [4.69, 9.17) is 10.5 Å². The zero-order chi connectivity index (χ0) is 13.3. The molecule has 19 heavy (non-hydrogen) atoms. The molecule has 1 spiro atoms. The van der Waals surface area contributed by atoms with E-state index in [0.29, 0.717) is 5.92 Å². The second-order valence-electron chi connectivity index (χ2n) is 6.07. The standard InChI is InChI=1S/C16H22FNO/c17-14-5-3-4-12(10-14)15(18)13-6-9-19-16(11-13)7-1-2-8-16/h3-5,10,13,15H,1-2,6-9,11,18H2. The van der Waals surface area contributed by atoms with Crippen LogP contribution in [0.2, 0.25) is 0 Å². The highest BCUT2D eigenvalue weighted by Gasteiger charge is 2.41. The second kappa shape index (κ2) is 5.22. The lowest BCUT2D eigenvalue weighted by molar-refractivity contribution is -0.0963. The van der Waals surface area contributed by atoms with Gasteiger partial charge in [0.15, 0.2) is 0 Å². The van der Waals surface area contributed by atoms with Gasteiger partial charge in [0.25, 0.3) is 0 Å². The van der Waals surface area contributed by atoms with E-state index in [1.54, 1.807) is 12.1 Å². The Bertz CT molecular complexity index is 442. The number of rotatable bonds is 2. The van der Waals surface area contributed by atoms with Crippen LogP contribution in [0.4, 0.5) is 4.39 Å². The van der Waals surface area contributed by atoms with Gasteiger partial charge in [-0.2, -0.15) is 0 Å². The summed E-state index contributed by atoms with van der Waals surface area (Å²) >= 11 is 0. The molecule has 2 unspecified atom stereocenters. The normalized spacial score (nSPS) is 27.6. The SMILES string of the molecule is NC(c1cccc(F)c1)C1CCOC2(CCCC2)C1. The van der Waals surface area contributed by atoms with Gasteiger partial charge in [0, 0.05) is 12.6 Å². The summed E-state index contributed by atoms with van der Waals surface area (Å²) in [5.41, 5.74) is 7.36. The molecular formula is C16H22FNO. The molecule has 2 fully saturated rings. The second-order valence-corrected chi connectivity index (χ2v) is 6.07. The summed E-state index contributed by atoms with van der Waals surface area (Å²) in [4.78, 5) is 0. The van der Waals surface area contributed by atoms with Crippen molar-refractivity contribution in [3.8, 4) is 0 Å². The molecule has 0 amide bonds. The van der Waals surface area contributed by atoms with Crippen LogP contribution in [-0.4, -0.2) is 12.2 Å². The highest BCUT2D eigenvalue weighted by Crippen LogP contribution is 2.44. The largest absolute Gasteiger partial charge is 0.375 e. The fraction of sp³-hybridized carbons (Fsp3) is 0.625. The molecule has 1 saturated heterocycles. The molecule has 2 atom stereocenters. The summed E-state index contributed by atoms with van der Waals surface area (Å²) in [6.45, 7) is 0.799. The van der Waals surface area contributed by atoms with Gasteiger partial charge >= 0.3 is 0 Å². The Morgan fingerprint density at radius 2 is 2.11 bits per heavy atom. The molecule has 3 heteroatoms. The number of ether oxygens (including phenoxy) is 1. The topological polar surface area (TPSA) is 35.2 Å². The van der Waals surface area contributed by atoms with E-state index >= 15 is 0 Å². The van der Waals surface area contributed by atoms with Crippen molar-refractivity contribution < 1.29 is 9.13 Å². The lowest BCUT2D eigenvalue weighted by Crippen LogP contribution is -2.40. The zero-order valence-electron chi connectivity index (χ0n) is 11.3. The van der Waals surface area contributed by atoms with Crippen LogP contribution < -0.4 is 5.73 Å². The molecule has 0 radical (unpaired) electrons. The monoisotopic (exact) mass is 263 g/mol. The van der Waals surface area contributed by atoms with E-state index in [0.717, 1.165) is 25.0 Å². The van der Waals surface area contributed by atoms with Gasteiger partial charge in [-0.05, 0) is 49.3 Å². The fourth-order valence-electron chi connectivity index (χ4n) is 3.73. The van der Waals surface area contributed by atoms with Crippen LogP contribution in [-0.2, 0) is 4.74 Å². The van der Waals surface area contributed by atoms with Gasteiger partial charge in [-0.25, -0.2) is 4.39 Å². The van der Waals surface area contributed by atoms with Gasteiger partial charge in [-0.3, -0.25) is 0 Å². The first kappa shape index (κ1) is 13.1. The Hall–Kier alpha value is -0.930. The van der Waals surface area contributed by atoms with Gasteiger partial charge in [0.05, 0.1) is 5.60 Å². The first-order valence-corrected chi connectivity index (χ1v) is 7.34. The summed E-state index contributed by atoms with van der Waals surface area (Å²) in [5.74, 6) is 0.212. The predicted octanol–water partition coefficient (Wildman–Crippen LogP) is 3.56. The van der Waals surface area contributed by atoms with Crippen LogP contribution in [0, 0.1) is 11.7 Å². The maximum absolute atomic E-state index is 13.3. The molecule has 1 heterocycles. The van der Waals surface area contributed by atoms with Crippen LogP contribution >= 0.6 is 0 Å². The van der Waals surface area contributed by atoms with E-state index in [2.05, 4.69) is 0 Å². The Morgan fingerprint density at radius 3 is 2.84 bits per heavy atom. The molecule has 2 N–H and O–H groups in total. The third-order valence-corrected chi connectivity index (χ3v) is 4.79. The van der Waals surface area contributed by atoms with Gasteiger partial charge in [0.1, 0.15) is 5.82 Å². The van der Waals surface area contributed by atoms with Gasteiger partial charge < -0.3 is 10.5 Å². The number of benzene rings is 1. The number of hydrogen-bond acceptors (Lipinski definition) is 2. The van der Waals surface area contributed by atoms with Gasteiger partial charge in [0.2, 0.25) is 0 Å². The molecule has 1 aromatic carbocycles. The molecule has 3 rings (SSSR count). The van der Waals surface area contributed by atoms with Crippen LogP contribution in [0.1, 0.15) is 50.1 Å². The number of halogens is 1. The Balaban J connectivity index is 1.74. The van der Waals surface area contributed by atoms with Crippen LogP contribution in [0.5, 0.6) is 0 Å². The fourth-order valence-corrected chi connectivity index (χ4v) is 3.73. The molecule has 1 aromatic rings. The molecule has 1 aliphatic carbocycles. The molecule has 104 valence electrons. The number of nitrogens with two attached hydrogens (primary N) is 1. The third kappa shape index (κ3) is 2.67. The van der Waals surface area contributed by atoms with E-state index in [1.165, 1.54) is 31.7 Å². The molecule has 0 bridgehead atoms. The molecule has 0 aromatic heterocycles. The minimum atomic E-state index is -0.199. The minimum Gasteiger partial charge on any atom is -0.375 e. The average Bonchev–Trinajstić information content (AvgIpc) is 2.86. The van der Waals surface area contributed by atoms with Crippen molar-refractivity contribution in [2.45, 2.75) is 50.2 Å². The predicted molar refractivity (Wildman–Crippen MR) is 73.2 cm³/mol.